The van der Waals surface area contributed by atoms with Crippen LogP contribution in [0.1, 0.15) is 64.0 Å². The molecule has 0 heterocycles. The van der Waals surface area contributed by atoms with Gasteiger partial charge in [0, 0.05) is 12.3 Å². The number of carbonyl (C=O) groups excluding carboxylic acids is 3. The molecule has 1 aliphatic carbocycles. The molecule has 6 nitrogen and oxygen atoms in total. The van der Waals surface area contributed by atoms with E-state index in [-0.39, 0.29) is 19.6 Å². The van der Waals surface area contributed by atoms with Crippen LogP contribution in [0.3, 0.4) is 0 Å². The number of esters is 2. The molecule has 0 amide bonds. The predicted octanol–water partition coefficient (Wildman–Crippen LogP) is 2.98. The molecule has 0 radical (unpaired) electrons. The first kappa shape index (κ1) is 22.1. The van der Waals surface area contributed by atoms with Crippen LogP contribution in [-0.4, -0.2) is 41.6 Å². The standard InChI is InChI=1S/C22H30O6/c1-6-27-20(24)18-16(23)12-22(5,26)19(21(25)28-7-2)17(18)15-10-8-14(9-11-15)13(3)4/h8-11,13,17-19,26H,6-7,12H2,1-5H3/t17-,18-,19+,22-/m1/s1. The summed E-state index contributed by atoms with van der Waals surface area (Å²) in [4.78, 5) is 38.2. The first-order valence-corrected chi connectivity index (χ1v) is 9.82. The van der Waals surface area contributed by atoms with E-state index in [4.69, 9.17) is 9.47 Å². The Bertz CT molecular complexity index is 719. The van der Waals surface area contributed by atoms with Crippen LogP contribution in [0.5, 0.6) is 0 Å². The summed E-state index contributed by atoms with van der Waals surface area (Å²) >= 11 is 0. The summed E-state index contributed by atoms with van der Waals surface area (Å²) in [5, 5.41) is 10.9. The molecule has 1 saturated carbocycles. The van der Waals surface area contributed by atoms with Gasteiger partial charge >= 0.3 is 11.9 Å². The lowest BCUT2D eigenvalue weighted by atomic mass is 9.61. The Balaban J connectivity index is 2.59. The van der Waals surface area contributed by atoms with Gasteiger partial charge in [0.2, 0.25) is 0 Å². The summed E-state index contributed by atoms with van der Waals surface area (Å²) in [6, 6.07) is 7.46. The van der Waals surface area contributed by atoms with Gasteiger partial charge in [0.15, 0.2) is 5.78 Å². The van der Waals surface area contributed by atoms with Gasteiger partial charge in [-0.1, -0.05) is 38.1 Å². The Morgan fingerprint density at radius 1 is 1.11 bits per heavy atom. The monoisotopic (exact) mass is 390 g/mol. The fourth-order valence-electron chi connectivity index (χ4n) is 3.98. The van der Waals surface area contributed by atoms with Crippen molar-refractivity contribution in [2.24, 2.45) is 11.8 Å². The fraction of sp³-hybridized carbons (Fsp3) is 0.591. The summed E-state index contributed by atoms with van der Waals surface area (Å²) in [6.45, 7) is 9.18. The molecule has 1 aromatic carbocycles. The maximum absolute atomic E-state index is 12.8. The number of Topliss-reactive ketones (excluding diaryl/α,β-unsaturated/α-hetero) is 1. The number of hydrogen-bond acceptors (Lipinski definition) is 6. The molecule has 0 aliphatic heterocycles. The van der Waals surface area contributed by atoms with Crippen molar-refractivity contribution in [3.05, 3.63) is 35.4 Å². The summed E-state index contributed by atoms with van der Waals surface area (Å²) in [6.07, 6.45) is -0.305. The SMILES string of the molecule is CCOC(=O)[C@@H]1C(=O)C[C@@](C)(O)[C@H](C(=O)OCC)[C@@H]1c1ccc(C(C)C)cc1. The van der Waals surface area contributed by atoms with Crippen LogP contribution in [-0.2, 0) is 23.9 Å². The molecule has 1 aromatic rings. The van der Waals surface area contributed by atoms with Gasteiger partial charge in [-0.2, -0.15) is 0 Å². The zero-order chi connectivity index (χ0) is 21.1. The molecular weight excluding hydrogens is 360 g/mol. The number of ketones is 1. The first-order valence-electron chi connectivity index (χ1n) is 9.82. The molecular formula is C22H30O6. The van der Waals surface area contributed by atoms with Gasteiger partial charge in [0.1, 0.15) is 5.92 Å². The van der Waals surface area contributed by atoms with Crippen molar-refractivity contribution in [3.63, 3.8) is 0 Å². The van der Waals surface area contributed by atoms with Gasteiger partial charge in [-0.05, 0) is 37.8 Å². The van der Waals surface area contributed by atoms with Crippen LogP contribution in [0.15, 0.2) is 24.3 Å². The van der Waals surface area contributed by atoms with E-state index in [1.54, 1.807) is 13.8 Å². The highest BCUT2D eigenvalue weighted by atomic mass is 16.5. The van der Waals surface area contributed by atoms with Gasteiger partial charge in [0.05, 0.1) is 24.7 Å². The zero-order valence-corrected chi connectivity index (χ0v) is 17.2. The molecule has 4 atom stereocenters. The normalized spacial score (nSPS) is 27.5. The highest BCUT2D eigenvalue weighted by molar-refractivity contribution is 6.02. The first-order chi connectivity index (χ1) is 13.1. The van der Waals surface area contributed by atoms with Gasteiger partial charge < -0.3 is 14.6 Å². The average molecular weight is 390 g/mol. The number of rotatable bonds is 6. The lowest BCUT2D eigenvalue weighted by Gasteiger charge is -2.43. The van der Waals surface area contributed by atoms with Crippen LogP contribution < -0.4 is 0 Å². The number of hydrogen-bond donors (Lipinski definition) is 1. The molecule has 1 N–H and O–H groups in total. The third kappa shape index (κ3) is 4.43. The van der Waals surface area contributed by atoms with Crippen molar-refractivity contribution in [2.45, 2.75) is 58.5 Å². The van der Waals surface area contributed by atoms with E-state index < -0.39 is 41.1 Å². The maximum atomic E-state index is 12.8. The second-order valence-corrected chi connectivity index (χ2v) is 7.81. The molecule has 0 aromatic heterocycles. The number of benzene rings is 1. The average Bonchev–Trinajstić information content (AvgIpc) is 2.60. The molecule has 154 valence electrons. The zero-order valence-electron chi connectivity index (χ0n) is 17.2. The van der Waals surface area contributed by atoms with E-state index in [9.17, 15) is 19.5 Å². The van der Waals surface area contributed by atoms with Crippen molar-refractivity contribution in [3.8, 4) is 0 Å². The fourth-order valence-corrected chi connectivity index (χ4v) is 3.98. The number of ether oxygens (including phenoxy) is 2. The smallest absolute Gasteiger partial charge is 0.317 e. The third-order valence-corrected chi connectivity index (χ3v) is 5.34. The Labute approximate surface area is 166 Å². The van der Waals surface area contributed by atoms with E-state index >= 15 is 0 Å². The topological polar surface area (TPSA) is 89.9 Å². The summed E-state index contributed by atoms with van der Waals surface area (Å²) in [5.74, 6) is -4.46. The van der Waals surface area contributed by atoms with Crippen molar-refractivity contribution in [2.75, 3.05) is 13.2 Å². The number of aliphatic hydroxyl groups is 1. The van der Waals surface area contributed by atoms with Gasteiger partial charge in [-0.3, -0.25) is 14.4 Å². The molecule has 6 heteroatoms. The number of carbonyl (C=O) groups is 3. The lowest BCUT2D eigenvalue weighted by Crippen LogP contribution is -2.55. The largest absolute Gasteiger partial charge is 0.466 e. The molecule has 28 heavy (non-hydrogen) atoms. The highest BCUT2D eigenvalue weighted by Gasteiger charge is 2.57. The molecule has 2 rings (SSSR count). The minimum atomic E-state index is -1.62. The summed E-state index contributed by atoms with van der Waals surface area (Å²) in [7, 11) is 0. The van der Waals surface area contributed by atoms with Gasteiger partial charge in [-0.25, -0.2) is 0 Å². The van der Waals surface area contributed by atoms with Crippen LogP contribution in [0.4, 0.5) is 0 Å². The van der Waals surface area contributed by atoms with E-state index in [0.29, 0.717) is 11.5 Å². The van der Waals surface area contributed by atoms with E-state index in [1.807, 2.05) is 24.3 Å². The molecule has 0 saturated heterocycles. The summed E-state index contributed by atoms with van der Waals surface area (Å²) in [5.41, 5.74) is 0.111. The Hall–Kier alpha value is -2.21. The molecule has 0 unspecified atom stereocenters. The Kier molecular flexibility index (Phi) is 6.99. The summed E-state index contributed by atoms with van der Waals surface area (Å²) < 4.78 is 10.3. The van der Waals surface area contributed by atoms with Crippen molar-refractivity contribution >= 4 is 17.7 Å². The second-order valence-electron chi connectivity index (χ2n) is 7.81. The van der Waals surface area contributed by atoms with E-state index in [0.717, 1.165) is 5.56 Å². The van der Waals surface area contributed by atoms with Crippen LogP contribution >= 0.6 is 0 Å². The van der Waals surface area contributed by atoms with E-state index in [1.165, 1.54) is 6.92 Å². The molecule has 1 fully saturated rings. The second kappa shape index (κ2) is 8.86. The molecule has 0 bridgehead atoms. The minimum Gasteiger partial charge on any atom is -0.466 e. The highest BCUT2D eigenvalue weighted by Crippen LogP contribution is 2.46. The third-order valence-electron chi connectivity index (χ3n) is 5.34. The molecule has 0 spiro atoms. The Morgan fingerprint density at radius 2 is 1.64 bits per heavy atom. The minimum absolute atomic E-state index is 0.127. The van der Waals surface area contributed by atoms with Crippen LogP contribution in [0, 0.1) is 11.8 Å². The maximum Gasteiger partial charge on any atom is 0.317 e. The van der Waals surface area contributed by atoms with Gasteiger partial charge in [0.25, 0.3) is 0 Å². The van der Waals surface area contributed by atoms with Crippen LogP contribution in [0.25, 0.3) is 0 Å². The van der Waals surface area contributed by atoms with Crippen molar-refractivity contribution in [1.29, 1.82) is 0 Å². The molecule has 1 aliphatic rings. The quantitative estimate of drug-likeness (QED) is 0.593. The predicted molar refractivity (Wildman–Crippen MR) is 104 cm³/mol. The lowest BCUT2D eigenvalue weighted by molar-refractivity contribution is -0.172. The van der Waals surface area contributed by atoms with Crippen LogP contribution in [0.2, 0.25) is 0 Å². The van der Waals surface area contributed by atoms with Crippen molar-refractivity contribution < 1.29 is 29.0 Å². The Morgan fingerprint density at radius 3 is 2.14 bits per heavy atom. The van der Waals surface area contributed by atoms with E-state index in [2.05, 4.69) is 13.8 Å². The van der Waals surface area contributed by atoms with Gasteiger partial charge in [-0.15, -0.1) is 0 Å². The van der Waals surface area contributed by atoms with Crippen molar-refractivity contribution in [1.82, 2.24) is 0 Å².